The largest absolute Gasteiger partial charge is 0.490 e. The predicted molar refractivity (Wildman–Crippen MR) is 121 cm³/mol. The van der Waals surface area contributed by atoms with Crippen molar-refractivity contribution in [1.82, 2.24) is 14.9 Å². The molecule has 3 aromatic rings. The van der Waals surface area contributed by atoms with Crippen LogP contribution in [0, 0.1) is 6.92 Å². The minimum Gasteiger partial charge on any atom is -0.490 e. The molecule has 7 heteroatoms. The topological polar surface area (TPSA) is 77.4 Å². The first-order valence-corrected chi connectivity index (χ1v) is 10.6. The first-order valence-electron chi connectivity index (χ1n) is 10.6. The quantitative estimate of drug-likeness (QED) is 0.434. The van der Waals surface area contributed by atoms with Crippen LogP contribution in [0.4, 0.5) is 5.69 Å². The van der Waals surface area contributed by atoms with Gasteiger partial charge in [0.25, 0.3) is 5.91 Å². The van der Waals surface area contributed by atoms with Crippen LogP contribution >= 0.6 is 0 Å². The molecule has 0 aliphatic carbocycles. The van der Waals surface area contributed by atoms with Gasteiger partial charge in [0, 0.05) is 31.2 Å². The van der Waals surface area contributed by atoms with E-state index in [2.05, 4.69) is 20.2 Å². The standard InChI is InChI=1S/C24H30N4O3/c1-3-30-23-15-20(16-25-11-4-13-28-14-12-26-18-28)7-10-22(23)31-17-24(29)27-21-8-5-19(2)6-9-21/h5-10,12,14-15,18,25H,3-4,11,13,16-17H2,1-2H3,(H,27,29). The number of ether oxygens (including phenoxy) is 2. The van der Waals surface area contributed by atoms with Crippen LogP contribution in [0.25, 0.3) is 0 Å². The number of hydrogen-bond acceptors (Lipinski definition) is 5. The minimum atomic E-state index is -0.213. The number of aryl methyl sites for hydroxylation is 2. The molecule has 3 rings (SSSR count). The third-order valence-electron chi connectivity index (χ3n) is 4.66. The van der Waals surface area contributed by atoms with Crippen molar-refractivity contribution in [2.45, 2.75) is 33.4 Å². The highest BCUT2D eigenvalue weighted by Gasteiger charge is 2.10. The number of amides is 1. The normalized spacial score (nSPS) is 10.6. The summed E-state index contributed by atoms with van der Waals surface area (Å²) in [5, 5.41) is 6.27. The molecule has 0 aliphatic rings. The van der Waals surface area contributed by atoms with Gasteiger partial charge in [0.2, 0.25) is 0 Å². The molecule has 0 fully saturated rings. The Labute approximate surface area is 183 Å². The summed E-state index contributed by atoms with van der Waals surface area (Å²) in [6.45, 7) is 6.94. The summed E-state index contributed by atoms with van der Waals surface area (Å²) in [6, 6.07) is 13.4. The number of benzene rings is 2. The molecule has 0 aliphatic heterocycles. The zero-order chi connectivity index (χ0) is 21.9. The smallest absolute Gasteiger partial charge is 0.262 e. The Hall–Kier alpha value is -3.32. The van der Waals surface area contributed by atoms with Crippen molar-refractivity contribution in [2.75, 3.05) is 25.1 Å². The lowest BCUT2D eigenvalue weighted by molar-refractivity contribution is -0.118. The Morgan fingerprint density at radius 1 is 1.10 bits per heavy atom. The van der Waals surface area contributed by atoms with Crippen LogP contribution in [-0.2, 0) is 17.9 Å². The van der Waals surface area contributed by atoms with Crippen LogP contribution in [-0.4, -0.2) is 35.2 Å². The van der Waals surface area contributed by atoms with E-state index in [-0.39, 0.29) is 12.5 Å². The van der Waals surface area contributed by atoms with E-state index >= 15 is 0 Å². The van der Waals surface area contributed by atoms with Gasteiger partial charge in [0.15, 0.2) is 18.1 Å². The number of nitrogens with one attached hydrogen (secondary N) is 2. The van der Waals surface area contributed by atoms with Crippen LogP contribution in [0.5, 0.6) is 11.5 Å². The SMILES string of the molecule is CCOc1cc(CNCCCn2ccnc2)ccc1OCC(=O)Nc1ccc(C)cc1. The van der Waals surface area contributed by atoms with Crippen molar-refractivity contribution in [3.05, 3.63) is 72.3 Å². The highest BCUT2D eigenvalue weighted by Crippen LogP contribution is 2.28. The summed E-state index contributed by atoms with van der Waals surface area (Å²) in [7, 11) is 0. The molecule has 2 aromatic carbocycles. The fourth-order valence-electron chi connectivity index (χ4n) is 3.07. The van der Waals surface area contributed by atoms with Crippen LogP contribution in [0.2, 0.25) is 0 Å². The number of anilines is 1. The average Bonchev–Trinajstić information content (AvgIpc) is 3.28. The van der Waals surface area contributed by atoms with E-state index in [1.54, 1.807) is 6.20 Å². The monoisotopic (exact) mass is 422 g/mol. The Balaban J connectivity index is 1.47. The van der Waals surface area contributed by atoms with Gasteiger partial charge < -0.3 is 24.7 Å². The Kier molecular flexibility index (Phi) is 8.48. The predicted octanol–water partition coefficient (Wildman–Crippen LogP) is 3.79. The molecule has 0 spiro atoms. The molecule has 0 saturated heterocycles. The molecular weight excluding hydrogens is 392 g/mol. The summed E-state index contributed by atoms with van der Waals surface area (Å²) in [5.41, 5.74) is 2.99. The van der Waals surface area contributed by atoms with Crippen molar-refractivity contribution in [3.8, 4) is 11.5 Å². The summed E-state index contributed by atoms with van der Waals surface area (Å²) < 4.78 is 13.5. The molecule has 0 atom stereocenters. The fourth-order valence-corrected chi connectivity index (χ4v) is 3.07. The third-order valence-corrected chi connectivity index (χ3v) is 4.66. The number of hydrogen-bond donors (Lipinski definition) is 2. The van der Waals surface area contributed by atoms with Gasteiger partial charge in [-0.2, -0.15) is 0 Å². The van der Waals surface area contributed by atoms with Crippen LogP contribution in [0.1, 0.15) is 24.5 Å². The second kappa shape index (κ2) is 11.8. The second-order valence-electron chi connectivity index (χ2n) is 7.25. The molecule has 7 nitrogen and oxygen atoms in total. The number of carbonyl (C=O) groups excluding carboxylic acids is 1. The summed E-state index contributed by atoms with van der Waals surface area (Å²) >= 11 is 0. The van der Waals surface area contributed by atoms with Crippen molar-refractivity contribution in [2.24, 2.45) is 0 Å². The van der Waals surface area contributed by atoms with E-state index in [1.165, 1.54) is 0 Å². The second-order valence-corrected chi connectivity index (χ2v) is 7.25. The van der Waals surface area contributed by atoms with Crippen molar-refractivity contribution in [3.63, 3.8) is 0 Å². The first kappa shape index (κ1) is 22.4. The zero-order valence-electron chi connectivity index (χ0n) is 18.1. The molecule has 1 amide bonds. The van der Waals surface area contributed by atoms with E-state index in [1.807, 2.05) is 68.8 Å². The lowest BCUT2D eigenvalue weighted by atomic mass is 10.2. The Bertz CT molecular complexity index is 940. The van der Waals surface area contributed by atoms with E-state index in [4.69, 9.17) is 9.47 Å². The number of carbonyl (C=O) groups is 1. The van der Waals surface area contributed by atoms with Gasteiger partial charge in [-0.05, 0) is 56.6 Å². The molecule has 164 valence electrons. The molecular formula is C24H30N4O3. The number of aromatic nitrogens is 2. The lowest BCUT2D eigenvalue weighted by Gasteiger charge is -2.14. The van der Waals surface area contributed by atoms with Gasteiger partial charge >= 0.3 is 0 Å². The zero-order valence-corrected chi connectivity index (χ0v) is 18.1. The summed E-state index contributed by atoms with van der Waals surface area (Å²) in [5.74, 6) is 0.989. The van der Waals surface area contributed by atoms with Gasteiger partial charge in [-0.15, -0.1) is 0 Å². The van der Waals surface area contributed by atoms with Crippen LogP contribution in [0.3, 0.4) is 0 Å². The fraction of sp³-hybridized carbons (Fsp3) is 0.333. The molecule has 1 aromatic heterocycles. The Morgan fingerprint density at radius 3 is 2.68 bits per heavy atom. The van der Waals surface area contributed by atoms with Crippen molar-refractivity contribution in [1.29, 1.82) is 0 Å². The van der Waals surface area contributed by atoms with Gasteiger partial charge in [-0.3, -0.25) is 4.79 Å². The van der Waals surface area contributed by atoms with Crippen LogP contribution in [0.15, 0.2) is 61.2 Å². The molecule has 31 heavy (non-hydrogen) atoms. The first-order chi connectivity index (χ1) is 15.1. The number of rotatable bonds is 12. The van der Waals surface area contributed by atoms with E-state index < -0.39 is 0 Å². The highest BCUT2D eigenvalue weighted by molar-refractivity contribution is 5.91. The Morgan fingerprint density at radius 2 is 1.94 bits per heavy atom. The number of nitrogens with zero attached hydrogens (tertiary/aromatic N) is 2. The lowest BCUT2D eigenvalue weighted by Crippen LogP contribution is -2.20. The van der Waals surface area contributed by atoms with E-state index in [9.17, 15) is 4.79 Å². The summed E-state index contributed by atoms with van der Waals surface area (Å²) in [6.07, 6.45) is 6.60. The molecule has 1 heterocycles. The maximum absolute atomic E-state index is 12.2. The van der Waals surface area contributed by atoms with E-state index in [0.717, 1.165) is 42.9 Å². The maximum atomic E-state index is 12.2. The average molecular weight is 423 g/mol. The maximum Gasteiger partial charge on any atom is 0.262 e. The molecule has 0 radical (unpaired) electrons. The highest BCUT2D eigenvalue weighted by atomic mass is 16.5. The minimum absolute atomic E-state index is 0.0835. The molecule has 0 saturated carbocycles. The van der Waals surface area contributed by atoms with Crippen LogP contribution < -0.4 is 20.1 Å². The molecule has 0 bridgehead atoms. The molecule has 2 N–H and O–H groups in total. The van der Waals surface area contributed by atoms with E-state index in [0.29, 0.717) is 18.1 Å². The van der Waals surface area contributed by atoms with Crippen molar-refractivity contribution < 1.29 is 14.3 Å². The summed E-state index contributed by atoms with van der Waals surface area (Å²) in [4.78, 5) is 16.2. The van der Waals surface area contributed by atoms with Crippen molar-refractivity contribution >= 4 is 11.6 Å². The van der Waals surface area contributed by atoms with Gasteiger partial charge in [-0.1, -0.05) is 23.8 Å². The van der Waals surface area contributed by atoms with Gasteiger partial charge in [0.1, 0.15) is 0 Å². The third kappa shape index (κ3) is 7.46. The number of imidazole rings is 1. The van der Waals surface area contributed by atoms with Gasteiger partial charge in [-0.25, -0.2) is 4.98 Å². The molecule has 0 unspecified atom stereocenters. The van der Waals surface area contributed by atoms with Gasteiger partial charge in [0.05, 0.1) is 12.9 Å².